The van der Waals surface area contributed by atoms with E-state index in [1.807, 2.05) is 0 Å². The molecular weight excluding hydrogens is 216 g/mol. The lowest BCUT2D eigenvalue weighted by Crippen LogP contribution is -1.96. The molecule has 1 N–H and O–H groups in total. The van der Waals surface area contributed by atoms with Gasteiger partial charge in [-0.25, -0.2) is 4.79 Å². The maximum Gasteiger partial charge on any atom is 0.332 e. The summed E-state index contributed by atoms with van der Waals surface area (Å²) in [7, 11) is 0. The largest absolute Gasteiger partial charge is 0.493 e. The molecule has 0 aromatic heterocycles. The first-order valence-electron chi connectivity index (χ1n) is 4.47. The first-order chi connectivity index (χ1) is 7.13. The van der Waals surface area contributed by atoms with E-state index in [1.54, 1.807) is 31.2 Å². The standard InChI is InChI=1S/C11H11ClO3/c1-2-15-10(7-11(13)14)8-4-3-5-9(12)6-8/h3-7H,2H2,1H3,(H,13,14). The fourth-order valence-electron chi connectivity index (χ4n) is 1.12. The van der Waals surface area contributed by atoms with Crippen LogP contribution in [0.2, 0.25) is 5.02 Å². The number of aliphatic carboxylic acids is 1. The van der Waals surface area contributed by atoms with Gasteiger partial charge in [-0.1, -0.05) is 23.7 Å². The average molecular weight is 227 g/mol. The molecule has 0 fully saturated rings. The first-order valence-corrected chi connectivity index (χ1v) is 4.84. The van der Waals surface area contributed by atoms with Gasteiger partial charge in [-0.2, -0.15) is 0 Å². The molecule has 1 aromatic carbocycles. The second-order valence-corrected chi connectivity index (χ2v) is 3.23. The zero-order chi connectivity index (χ0) is 11.3. The SMILES string of the molecule is CCOC(=CC(=O)O)c1cccc(Cl)c1. The maximum atomic E-state index is 10.6. The Bertz CT molecular complexity index is 385. The lowest BCUT2D eigenvalue weighted by atomic mass is 10.2. The zero-order valence-electron chi connectivity index (χ0n) is 8.24. The molecule has 1 rings (SSSR count). The number of carboxylic acid groups (broad SMARTS) is 1. The van der Waals surface area contributed by atoms with Gasteiger partial charge in [0.1, 0.15) is 5.76 Å². The Labute approximate surface area is 92.9 Å². The van der Waals surface area contributed by atoms with Crippen molar-refractivity contribution < 1.29 is 14.6 Å². The van der Waals surface area contributed by atoms with Crippen molar-refractivity contribution >= 4 is 23.3 Å². The minimum absolute atomic E-state index is 0.313. The predicted octanol–water partition coefficient (Wildman–Crippen LogP) is 2.80. The van der Waals surface area contributed by atoms with Gasteiger partial charge < -0.3 is 9.84 Å². The van der Waals surface area contributed by atoms with E-state index in [1.165, 1.54) is 0 Å². The molecule has 0 spiro atoms. The highest BCUT2D eigenvalue weighted by atomic mass is 35.5. The van der Waals surface area contributed by atoms with Gasteiger partial charge in [0.25, 0.3) is 0 Å². The molecule has 0 saturated carbocycles. The van der Waals surface area contributed by atoms with Crippen molar-refractivity contribution in [1.29, 1.82) is 0 Å². The van der Waals surface area contributed by atoms with E-state index in [4.69, 9.17) is 21.4 Å². The number of benzene rings is 1. The Hall–Kier alpha value is -1.48. The van der Waals surface area contributed by atoms with Crippen molar-refractivity contribution in [3.8, 4) is 0 Å². The van der Waals surface area contributed by atoms with Crippen molar-refractivity contribution in [2.75, 3.05) is 6.61 Å². The maximum absolute atomic E-state index is 10.6. The quantitative estimate of drug-likeness (QED) is 0.634. The predicted molar refractivity (Wildman–Crippen MR) is 58.7 cm³/mol. The summed E-state index contributed by atoms with van der Waals surface area (Å²) in [5.74, 6) is -0.731. The highest BCUT2D eigenvalue weighted by Crippen LogP contribution is 2.19. The fraction of sp³-hybridized carbons (Fsp3) is 0.182. The van der Waals surface area contributed by atoms with Crippen molar-refractivity contribution in [2.45, 2.75) is 6.92 Å². The molecule has 4 heteroatoms. The van der Waals surface area contributed by atoms with Crippen LogP contribution in [0.4, 0.5) is 0 Å². The van der Waals surface area contributed by atoms with Gasteiger partial charge in [0.15, 0.2) is 0 Å². The number of ether oxygens (including phenoxy) is 1. The lowest BCUT2D eigenvalue weighted by molar-refractivity contribution is -0.131. The molecule has 1 aromatic rings. The van der Waals surface area contributed by atoms with Gasteiger partial charge in [-0.05, 0) is 19.1 Å². The number of carboxylic acids is 1. The average Bonchev–Trinajstić information content (AvgIpc) is 2.16. The second kappa shape index (κ2) is 5.41. The Morgan fingerprint density at radius 2 is 2.33 bits per heavy atom. The van der Waals surface area contributed by atoms with E-state index in [2.05, 4.69) is 0 Å². The Morgan fingerprint density at radius 1 is 1.60 bits per heavy atom. The Morgan fingerprint density at radius 3 is 2.87 bits per heavy atom. The molecule has 0 bridgehead atoms. The van der Waals surface area contributed by atoms with Crippen LogP contribution in [-0.4, -0.2) is 17.7 Å². The molecule has 0 radical (unpaired) electrons. The molecule has 15 heavy (non-hydrogen) atoms. The number of hydrogen-bond donors (Lipinski definition) is 1. The van der Waals surface area contributed by atoms with Crippen molar-refractivity contribution in [3.63, 3.8) is 0 Å². The molecule has 3 nitrogen and oxygen atoms in total. The van der Waals surface area contributed by atoms with Crippen molar-refractivity contribution in [1.82, 2.24) is 0 Å². The van der Waals surface area contributed by atoms with E-state index in [9.17, 15) is 4.79 Å². The van der Waals surface area contributed by atoms with E-state index >= 15 is 0 Å². The molecule has 0 heterocycles. The summed E-state index contributed by atoms with van der Waals surface area (Å²) in [5.41, 5.74) is 0.659. The molecule has 80 valence electrons. The van der Waals surface area contributed by atoms with Gasteiger partial charge in [-0.15, -0.1) is 0 Å². The number of hydrogen-bond acceptors (Lipinski definition) is 2. The summed E-state index contributed by atoms with van der Waals surface area (Å²) in [6, 6.07) is 6.87. The van der Waals surface area contributed by atoms with Crippen LogP contribution in [0.15, 0.2) is 30.3 Å². The van der Waals surface area contributed by atoms with Crippen LogP contribution >= 0.6 is 11.6 Å². The Balaban J connectivity index is 3.04. The highest BCUT2D eigenvalue weighted by Gasteiger charge is 2.05. The molecule has 0 aliphatic carbocycles. The first kappa shape index (κ1) is 11.6. The number of carbonyl (C=O) groups is 1. The summed E-state index contributed by atoms with van der Waals surface area (Å²) in [4.78, 5) is 10.6. The van der Waals surface area contributed by atoms with Crippen molar-refractivity contribution in [3.05, 3.63) is 40.9 Å². The van der Waals surface area contributed by atoms with Gasteiger partial charge in [0.05, 0.1) is 12.7 Å². The van der Waals surface area contributed by atoms with Crippen LogP contribution in [0.3, 0.4) is 0 Å². The van der Waals surface area contributed by atoms with Gasteiger partial charge in [-0.3, -0.25) is 0 Å². The van der Waals surface area contributed by atoms with Crippen LogP contribution < -0.4 is 0 Å². The van der Waals surface area contributed by atoms with Crippen LogP contribution in [0.25, 0.3) is 5.76 Å². The third-order valence-electron chi connectivity index (χ3n) is 1.66. The normalized spacial score (nSPS) is 11.2. The van der Waals surface area contributed by atoms with E-state index < -0.39 is 5.97 Å². The van der Waals surface area contributed by atoms with Crippen LogP contribution in [0, 0.1) is 0 Å². The summed E-state index contributed by atoms with van der Waals surface area (Å²) in [6.45, 7) is 2.20. The molecule has 0 aliphatic rings. The summed E-state index contributed by atoms with van der Waals surface area (Å²) in [6.07, 6.45) is 1.02. The highest BCUT2D eigenvalue weighted by molar-refractivity contribution is 6.30. The summed E-state index contributed by atoms with van der Waals surface area (Å²) >= 11 is 5.80. The molecule has 0 saturated heterocycles. The minimum Gasteiger partial charge on any atom is -0.493 e. The Kier molecular flexibility index (Phi) is 4.18. The van der Waals surface area contributed by atoms with Gasteiger partial charge in [0, 0.05) is 10.6 Å². The van der Waals surface area contributed by atoms with Crippen molar-refractivity contribution in [2.24, 2.45) is 0 Å². The number of rotatable bonds is 4. The van der Waals surface area contributed by atoms with Crippen LogP contribution in [0.1, 0.15) is 12.5 Å². The minimum atomic E-state index is -1.04. The van der Waals surface area contributed by atoms with E-state index in [-0.39, 0.29) is 0 Å². The van der Waals surface area contributed by atoms with Crippen LogP contribution in [0.5, 0.6) is 0 Å². The zero-order valence-corrected chi connectivity index (χ0v) is 8.99. The van der Waals surface area contributed by atoms with E-state index in [0.29, 0.717) is 23.0 Å². The molecule has 0 atom stereocenters. The van der Waals surface area contributed by atoms with Crippen LogP contribution in [-0.2, 0) is 9.53 Å². The summed E-state index contributed by atoms with van der Waals surface area (Å²) in [5, 5.41) is 9.20. The second-order valence-electron chi connectivity index (χ2n) is 2.79. The third kappa shape index (κ3) is 3.64. The molecular formula is C11H11ClO3. The molecule has 0 aliphatic heterocycles. The molecule has 0 unspecified atom stereocenters. The monoisotopic (exact) mass is 226 g/mol. The van der Waals surface area contributed by atoms with E-state index in [0.717, 1.165) is 6.08 Å². The van der Waals surface area contributed by atoms with Gasteiger partial charge in [0.2, 0.25) is 0 Å². The van der Waals surface area contributed by atoms with Gasteiger partial charge >= 0.3 is 5.97 Å². The fourth-order valence-corrected chi connectivity index (χ4v) is 1.31. The molecule has 0 amide bonds. The topological polar surface area (TPSA) is 46.5 Å². The lowest BCUT2D eigenvalue weighted by Gasteiger charge is -2.07. The number of halogens is 1. The summed E-state index contributed by atoms with van der Waals surface area (Å²) < 4.78 is 5.22. The third-order valence-corrected chi connectivity index (χ3v) is 1.90. The smallest absolute Gasteiger partial charge is 0.332 e.